The molecule has 0 saturated heterocycles. The van der Waals surface area contributed by atoms with Crippen LogP contribution < -0.4 is 11.1 Å². The smallest absolute Gasteiger partial charge is 0.130 e. The number of hydrogen-bond donors (Lipinski definition) is 2. The average molecular weight is 135 g/mol. The zero-order chi connectivity index (χ0) is 6.97. The number of rotatable bonds is 0. The summed E-state index contributed by atoms with van der Waals surface area (Å²) >= 11 is 0. The Labute approximate surface area is 59.3 Å². The summed E-state index contributed by atoms with van der Waals surface area (Å²) in [6.07, 6.45) is 1.77. The van der Waals surface area contributed by atoms with Crippen molar-refractivity contribution in [2.24, 2.45) is 5.73 Å². The van der Waals surface area contributed by atoms with Crippen LogP contribution in [0, 0.1) is 0 Å². The number of fused-ring (bicyclic) bond motifs is 1. The van der Waals surface area contributed by atoms with Crippen molar-refractivity contribution in [1.82, 2.24) is 4.98 Å². The lowest BCUT2D eigenvalue weighted by atomic mass is 10.2. The second-order valence-electron chi connectivity index (χ2n) is 2.43. The van der Waals surface area contributed by atoms with E-state index in [2.05, 4.69) is 10.3 Å². The average Bonchev–Trinajstić information content (AvgIpc) is 2.34. The molecule has 1 aliphatic heterocycles. The molecule has 2 heterocycles. The van der Waals surface area contributed by atoms with E-state index in [-0.39, 0.29) is 6.04 Å². The Morgan fingerprint density at radius 3 is 3.40 bits per heavy atom. The fourth-order valence-electron chi connectivity index (χ4n) is 1.18. The molecule has 1 atom stereocenters. The third kappa shape index (κ3) is 0.675. The van der Waals surface area contributed by atoms with E-state index in [4.69, 9.17) is 5.73 Å². The molecule has 0 spiro atoms. The van der Waals surface area contributed by atoms with Crippen molar-refractivity contribution >= 4 is 5.82 Å². The van der Waals surface area contributed by atoms with Gasteiger partial charge < -0.3 is 11.1 Å². The van der Waals surface area contributed by atoms with E-state index in [1.54, 1.807) is 6.20 Å². The van der Waals surface area contributed by atoms with Gasteiger partial charge in [-0.3, -0.25) is 0 Å². The SMILES string of the molecule is NC1CNc2ncccc21. The van der Waals surface area contributed by atoms with Gasteiger partial charge in [0.25, 0.3) is 0 Å². The predicted octanol–water partition coefficient (Wildman–Crippen LogP) is 0.507. The molecule has 0 bridgehead atoms. The summed E-state index contributed by atoms with van der Waals surface area (Å²) in [6.45, 7) is 0.812. The third-order valence-electron chi connectivity index (χ3n) is 1.73. The maximum absolute atomic E-state index is 5.74. The van der Waals surface area contributed by atoms with Crippen molar-refractivity contribution in [3.63, 3.8) is 0 Å². The zero-order valence-electron chi connectivity index (χ0n) is 5.54. The fourth-order valence-corrected chi connectivity index (χ4v) is 1.18. The Bertz CT molecular complexity index is 246. The molecule has 0 amide bonds. The van der Waals surface area contributed by atoms with Crippen molar-refractivity contribution in [2.45, 2.75) is 6.04 Å². The molecule has 52 valence electrons. The molecule has 3 heteroatoms. The number of nitrogens with two attached hydrogens (primary N) is 1. The van der Waals surface area contributed by atoms with Gasteiger partial charge in [-0.2, -0.15) is 0 Å². The molecule has 0 radical (unpaired) electrons. The van der Waals surface area contributed by atoms with E-state index >= 15 is 0 Å². The van der Waals surface area contributed by atoms with Crippen LogP contribution in [0.4, 0.5) is 5.82 Å². The van der Waals surface area contributed by atoms with Crippen molar-refractivity contribution in [3.05, 3.63) is 23.9 Å². The molecule has 0 aliphatic carbocycles. The first-order valence-corrected chi connectivity index (χ1v) is 3.32. The van der Waals surface area contributed by atoms with Crippen LogP contribution in [0.3, 0.4) is 0 Å². The Morgan fingerprint density at radius 1 is 1.70 bits per heavy atom. The Kier molecular flexibility index (Phi) is 1.11. The molecule has 1 aromatic rings. The highest BCUT2D eigenvalue weighted by atomic mass is 15.0. The van der Waals surface area contributed by atoms with Gasteiger partial charge >= 0.3 is 0 Å². The van der Waals surface area contributed by atoms with Crippen LogP contribution >= 0.6 is 0 Å². The third-order valence-corrected chi connectivity index (χ3v) is 1.73. The number of nitrogens with zero attached hydrogens (tertiary/aromatic N) is 1. The summed E-state index contributed by atoms with van der Waals surface area (Å²) in [5.74, 6) is 0.940. The van der Waals surface area contributed by atoms with Gasteiger partial charge in [0.2, 0.25) is 0 Å². The van der Waals surface area contributed by atoms with Gasteiger partial charge in [-0.15, -0.1) is 0 Å². The maximum Gasteiger partial charge on any atom is 0.130 e. The largest absolute Gasteiger partial charge is 0.368 e. The van der Waals surface area contributed by atoms with Crippen LogP contribution in [0.1, 0.15) is 11.6 Å². The summed E-state index contributed by atoms with van der Waals surface area (Å²) in [4.78, 5) is 4.12. The first-order valence-electron chi connectivity index (χ1n) is 3.32. The van der Waals surface area contributed by atoms with E-state index in [1.807, 2.05) is 12.1 Å². The van der Waals surface area contributed by atoms with Gasteiger partial charge in [0.15, 0.2) is 0 Å². The molecule has 1 aliphatic rings. The highest BCUT2D eigenvalue weighted by Crippen LogP contribution is 2.24. The maximum atomic E-state index is 5.74. The standard InChI is InChI=1S/C7H9N3/c8-6-4-10-7-5(6)2-1-3-9-7/h1-3,6H,4,8H2,(H,9,10). The lowest BCUT2D eigenvalue weighted by Crippen LogP contribution is -2.11. The first-order chi connectivity index (χ1) is 4.88. The van der Waals surface area contributed by atoms with Gasteiger partial charge in [0.1, 0.15) is 5.82 Å². The Balaban J connectivity index is 2.51. The van der Waals surface area contributed by atoms with E-state index in [0.29, 0.717) is 0 Å². The highest BCUT2D eigenvalue weighted by molar-refractivity contribution is 5.50. The molecule has 0 fully saturated rings. The summed E-state index contributed by atoms with van der Waals surface area (Å²) < 4.78 is 0. The van der Waals surface area contributed by atoms with Gasteiger partial charge in [-0.1, -0.05) is 6.07 Å². The highest BCUT2D eigenvalue weighted by Gasteiger charge is 2.17. The molecule has 1 unspecified atom stereocenters. The Hall–Kier alpha value is -1.09. The quantitative estimate of drug-likeness (QED) is 0.545. The first kappa shape index (κ1) is 5.68. The number of anilines is 1. The summed E-state index contributed by atoms with van der Waals surface area (Å²) in [5, 5.41) is 3.11. The van der Waals surface area contributed by atoms with Crippen molar-refractivity contribution < 1.29 is 0 Å². The minimum absolute atomic E-state index is 0.128. The number of pyridine rings is 1. The summed E-state index contributed by atoms with van der Waals surface area (Å²) in [5.41, 5.74) is 6.87. The topological polar surface area (TPSA) is 50.9 Å². The second-order valence-corrected chi connectivity index (χ2v) is 2.43. The molecule has 2 rings (SSSR count). The van der Waals surface area contributed by atoms with Crippen LogP contribution in [0.25, 0.3) is 0 Å². The molecule has 0 saturated carbocycles. The van der Waals surface area contributed by atoms with Crippen LogP contribution in [0.15, 0.2) is 18.3 Å². The molecule has 1 aromatic heterocycles. The monoisotopic (exact) mass is 135 g/mol. The van der Waals surface area contributed by atoms with E-state index in [9.17, 15) is 0 Å². The van der Waals surface area contributed by atoms with Gasteiger partial charge in [0.05, 0.1) is 6.04 Å². The minimum atomic E-state index is 0.128. The molecule has 3 nitrogen and oxygen atoms in total. The van der Waals surface area contributed by atoms with Crippen molar-refractivity contribution in [1.29, 1.82) is 0 Å². The van der Waals surface area contributed by atoms with Crippen LogP contribution in [-0.2, 0) is 0 Å². The van der Waals surface area contributed by atoms with Crippen molar-refractivity contribution in [2.75, 3.05) is 11.9 Å². The lowest BCUT2D eigenvalue weighted by Gasteiger charge is -1.98. The molecule has 3 N–H and O–H groups in total. The number of hydrogen-bond acceptors (Lipinski definition) is 3. The Morgan fingerprint density at radius 2 is 2.60 bits per heavy atom. The number of nitrogens with one attached hydrogen (secondary N) is 1. The minimum Gasteiger partial charge on any atom is -0.368 e. The lowest BCUT2D eigenvalue weighted by molar-refractivity contribution is 0.808. The van der Waals surface area contributed by atoms with Gasteiger partial charge in [-0.05, 0) is 6.07 Å². The molecule has 10 heavy (non-hydrogen) atoms. The normalized spacial score (nSPS) is 21.9. The van der Waals surface area contributed by atoms with E-state index < -0.39 is 0 Å². The van der Waals surface area contributed by atoms with Crippen LogP contribution in [0.2, 0.25) is 0 Å². The molecular weight excluding hydrogens is 126 g/mol. The van der Waals surface area contributed by atoms with Gasteiger partial charge in [-0.25, -0.2) is 4.98 Å². The van der Waals surface area contributed by atoms with Gasteiger partial charge in [0, 0.05) is 18.3 Å². The van der Waals surface area contributed by atoms with Crippen LogP contribution in [-0.4, -0.2) is 11.5 Å². The summed E-state index contributed by atoms with van der Waals surface area (Å²) in [7, 11) is 0. The fraction of sp³-hybridized carbons (Fsp3) is 0.286. The molecular formula is C7H9N3. The second kappa shape index (κ2) is 1.95. The van der Waals surface area contributed by atoms with E-state index in [0.717, 1.165) is 17.9 Å². The number of aromatic nitrogens is 1. The van der Waals surface area contributed by atoms with E-state index in [1.165, 1.54) is 0 Å². The predicted molar refractivity (Wildman–Crippen MR) is 39.7 cm³/mol. The van der Waals surface area contributed by atoms with Crippen molar-refractivity contribution in [3.8, 4) is 0 Å². The summed E-state index contributed by atoms with van der Waals surface area (Å²) in [6, 6.07) is 4.04. The molecule has 0 aromatic carbocycles. The van der Waals surface area contributed by atoms with Crippen LogP contribution in [0.5, 0.6) is 0 Å². The zero-order valence-corrected chi connectivity index (χ0v) is 5.54.